The van der Waals surface area contributed by atoms with Crippen molar-refractivity contribution < 1.29 is 14.3 Å². The molecular formula is C25H31N3O3. The fourth-order valence-electron chi connectivity index (χ4n) is 4.30. The van der Waals surface area contributed by atoms with E-state index < -0.39 is 6.10 Å². The maximum absolute atomic E-state index is 13.0. The second kappa shape index (κ2) is 10.3. The number of ether oxygens (including phenoxy) is 1. The molecule has 6 heteroatoms. The molecule has 2 aliphatic heterocycles. The van der Waals surface area contributed by atoms with Crippen LogP contribution in [-0.2, 0) is 16.0 Å². The van der Waals surface area contributed by atoms with Crippen molar-refractivity contribution in [1.82, 2.24) is 10.2 Å². The normalized spacial score (nSPS) is 18.1. The minimum Gasteiger partial charge on any atom is -0.477 e. The second-order valence-electron chi connectivity index (χ2n) is 8.28. The number of aryl methyl sites for hydroxylation is 1. The van der Waals surface area contributed by atoms with Crippen molar-refractivity contribution in [3.05, 3.63) is 60.2 Å². The van der Waals surface area contributed by atoms with Crippen molar-refractivity contribution in [2.24, 2.45) is 0 Å². The minimum absolute atomic E-state index is 0.0301. The van der Waals surface area contributed by atoms with Crippen LogP contribution in [-0.4, -0.2) is 55.5 Å². The summed E-state index contributed by atoms with van der Waals surface area (Å²) in [6, 6.07) is 17.9. The van der Waals surface area contributed by atoms with Crippen LogP contribution < -0.4 is 15.0 Å². The first-order valence-corrected chi connectivity index (χ1v) is 11.3. The van der Waals surface area contributed by atoms with Gasteiger partial charge in [0.05, 0.1) is 18.8 Å². The number of carbonyl (C=O) groups excluding carboxylic acids is 2. The molecule has 2 heterocycles. The lowest BCUT2D eigenvalue weighted by Gasteiger charge is -2.38. The van der Waals surface area contributed by atoms with Gasteiger partial charge >= 0.3 is 0 Å². The number of amides is 2. The van der Waals surface area contributed by atoms with Gasteiger partial charge in [-0.15, -0.1) is 0 Å². The van der Waals surface area contributed by atoms with Gasteiger partial charge in [0, 0.05) is 19.6 Å². The molecule has 1 fully saturated rings. The Morgan fingerprint density at radius 1 is 0.968 bits per heavy atom. The lowest BCUT2D eigenvalue weighted by Crippen LogP contribution is -2.53. The van der Waals surface area contributed by atoms with E-state index in [0.29, 0.717) is 18.8 Å². The molecule has 0 aromatic heterocycles. The average Bonchev–Trinajstić information content (AvgIpc) is 2.82. The van der Waals surface area contributed by atoms with E-state index in [9.17, 15) is 9.59 Å². The number of nitrogens with one attached hydrogen (secondary N) is 1. The van der Waals surface area contributed by atoms with Crippen molar-refractivity contribution in [1.29, 1.82) is 0 Å². The number of benzene rings is 2. The monoisotopic (exact) mass is 421 g/mol. The van der Waals surface area contributed by atoms with Crippen LogP contribution in [0.4, 0.5) is 5.69 Å². The van der Waals surface area contributed by atoms with Gasteiger partial charge < -0.3 is 19.9 Å². The van der Waals surface area contributed by atoms with Gasteiger partial charge in [0.15, 0.2) is 6.10 Å². The lowest BCUT2D eigenvalue weighted by molar-refractivity contribution is -0.139. The molecule has 1 saturated heterocycles. The van der Waals surface area contributed by atoms with Crippen molar-refractivity contribution in [3.8, 4) is 5.75 Å². The summed E-state index contributed by atoms with van der Waals surface area (Å²) in [6.07, 6.45) is 4.53. The van der Waals surface area contributed by atoms with Gasteiger partial charge in [-0.25, -0.2) is 0 Å². The Labute approximate surface area is 184 Å². The fraction of sp³-hybridized carbons (Fsp3) is 0.440. The van der Waals surface area contributed by atoms with Crippen LogP contribution in [0.25, 0.3) is 0 Å². The number of fused-ring (bicyclic) bond motifs is 1. The number of piperidine rings is 1. The van der Waals surface area contributed by atoms with E-state index >= 15 is 0 Å². The second-order valence-corrected chi connectivity index (χ2v) is 8.28. The van der Waals surface area contributed by atoms with Gasteiger partial charge in [0.2, 0.25) is 5.91 Å². The Hall–Kier alpha value is -3.02. The molecule has 31 heavy (non-hydrogen) atoms. The molecule has 4 rings (SSSR count). The Balaban J connectivity index is 1.33. The molecule has 2 aromatic rings. The van der Waals surface area contributed by atoms with E-state index in [1.165, 1.54) is 12.0 Å². The third kappa shape index (κ3) is 5.57. The molecule has 1 N–H and O–H groups in total. The first kappa shape index (κ1) is 21.2. The fourth-order valence-corrected chi connectivity index (χ4v) is 4.30. The van der Waals surface area contributed by atoms with Crippen LogP contribution in [0.15, 0.2) is 54.6 Å². The van der Waals surface area contributed by atoms with Crippen molar-refractivity contribution in [2.45, 2.75) is 38.2 Å². The van der Waals surface area contributed by atoms with Crippen LogP contribution >= 0.6 is 0 Å². The van der Waals surface area contributed by atoms with Gasteiger partial charge in [0.1, 0.15) is 5.75 Å². The summed E-state index contributed by atoms with van der Waals surface area (Å²) in [6.45, 7) is 2.83. The van der Waals surface area contributed by atoms with Crippen LogP contribution in [0.1, 0.15) is 31.2 Å². The number of anilines is 1. The summed E-state index contributed by atoms with van der Waals surface area (Å²) >= 11 is 0. The molecular weight excluding hydrogens is 390 g/mol. The predicted molar refractivity (Wildman–Crippen MR) is 121 cm³/mol. The average molecular weight is 422 g/mol. The zero-order chi connectivity index (χ0) is 21.5. The quantitative estimate of drug-likeness (QED) is 0.698. The predicted octanol–water partition coefficient (Wildman–Crippen LogP) is 3.02. The smallest absolute Gasteiger partial charge is 0.265 e. The Bertz CT molecular complexity index is 881. The molecule has 0 unspecified atom stereocenters. The summed E-state index contributed by atoms with van der Waals surface area (Å²) < 4.78 is 6.04. The highest BCUT2D eigenvalue weighted by molar-refractivity contribution is 5.86. The maximum atomic E-state index is 13.0. The summed E-state index contributed by atoms with van der Waals surface area (Å²) in [7, 11) is 0. The van der Waals surface area contributed by atoms with E-state index in [4.69, 9.17) is 4.74 Å². The zero-order valence-corrected chi connectivity index (χ0v) is 18.0. The highest BCUT2D eigenvalue weighted by Crippen LogP contribution is 2.33. The number of hydrogen-bond donors (Lipinski definition) is 1. The van der Waals surface area contributed by atoms with E-state index in [0.717, 1.165) is 44.5 Å². The molecule has 0 spiro atoms. The number of rotatable bonds is 7. The van der Waals surface area contributed by atoms with Gasteiger partial charge in [-0.3, -0.25) is 9.59 Å². The number of nitrogens with zero attached hydrogens (tertiary/aromatic N) is 2. The summed E-state index contributed by atoms with van der Waals surface area (Å²) in [5.74, 6) is 0.664. The molecule has 1 atom stereocenters. The van der Waals surface area contributed by atoms with Crippen LogP contribution in [0.2, 0.25) is 0 Å². The lowest BCUT2D eigenvalue weighted by atomic mass is 10.1. The third-order valence-electron chi connectivity index (χ3n) is 5.95. The standard InChI is InChI=1S/C25H31N3O3/c29-24(26-15-9-12-20-10-3-1-4-11-20)19-28-18-23(25(30)27-16-7-2-8-17-27)31-22-14-6-5-13-21(22)28/h1,3-6,10-11,13-14,23H,2,7-9,12,15-19H2,(H,26,29)/t23-/m0/s1. The van der Waals surface area contributed by atoms with E-state index in [2.05, 4.69) is 17.4 Å². The number of carbonyl (C=O) groups is 2. The highest BCUT2D eigenvalue weighted by atomic mass is 16.5. The third-order valence-corrected chi connectivity index (χ3v) is 5.95. The summed E-state index contributed by atoms with van der Waals surface area (Å²) in [4.78, 5) is 29.5. The number of likely N-dealkylation sites (tertiary alicyclic amines) is 1. The van der Waals surface area contributed by atoms with Crippen molar-refractivity contribution in [3.63, 3.8) is 0 Å². The molecule has 164 valence electrons. The Morgan fingerprint density at radius 2 is 1.71 bits per heavy atom. The van der Waals surface area contributed by atoms with Crippen molar-refractivity contribution >= 4 is 17.5 Å². The molecule has 0 radical (unpaired) electrons. The number of para-hydroxylation sites is 2. The topological polar surface area (TPSA) is 61.9 Å². The molecule has 0 bridgehead atoms. The van der Waals surface area contributed by atoms with E-state index in [-0.39, 0.29) is 18.4 Å². The summed E-state index contributed by atoms with van der Waals surface area (Å²) in [5.41, 5.74) is 2.14. The van der Waals surface area contributed by atoms with Gasteiger partial charge in [-0.1, -0.05) is 42.5 Å². The van der Waals surface area contributed by atoms with E-state index in [1.807, 2.05) is 52.3 Å². The van der Waals surface area contributed by atoms with Gasteiger partial charge in [-0.2, -0.15) is 0 Å². The van der Waals surface area contributed by atoms with Gasteiger partial charge in [0.25, 0.3) is 5.91 Å². The highest BCUT2D eigenvalue weighted by Gasteiger charge is 2.34. The Morgan fingerprint density at radius 3 is 2.52 bits per heavy atom. The van der Waals surface area contributed by atoms with E-state index in [1.54, 1.807) is 0 Å². The summed E-state index contributed by atoms with van der Waals surface area (Å²) in [5, 5.41) is 3.02. The molecule has 6 nitrogen and oxygen atoms in total. The molecule has 0 saturated carbocycles. The number of hydrogen-bond acceptors (Lipinski definition) is 4. The van der Waals surface area contributed by atoms with Crippen LogP contribution in [0.5, 0.6) is 5.75 Å². The Kier molecular flexibility index (Phi) is 7.07. The first-order valence-electron chi connectivity index (χ1n) is 11.3. The molecule has 2 amide bonds. The molecule has 2 aliphatic rings. The maximum Gasteiger partial charge on any atom is 0.265 e. The largest absolute Gasteiger partial charge is 0.477 e. The minimum atomic E-state index is -0.570. The van der Waals surface area contributed by atoms with Crippen LogP contribution in [0, 0.1) is 0 Å². The van der Waals surface area contributed by atoms with Crippen LogP contribution in [0.3, 0.4) is 0 Å². The van der Waals surface area contributed by atoms with Crippen molar-refractivity contribution in [2.75, 3.05) is 37.6 Å². The first-order chi connectivity index (χ1) is 15.2. The van der Waals surface area contributed by atoms with Gasteiger partial charge in [-0.05, 0) is 49.8 Å². The molecule has 0 aliphatic carbocycles. The zero-order valence-electron chi connectivity index (χ0n) is 18.0. The molecule has 2 aromatic carbocycles. The SMILES string of the molecule is O=C(CN1C[C@@H](C(=O)N2CCCCC2)Oc2ccccc21)NCCCc1ccccc1.